The van der Waals surface area contributed by atoms with Crippen LogP contribution in [0.2, 0.25) is 0 Å². The third kappa shape index (κ3) is 3.55. The Morgan fingerprint density at radius 2 is 2.09 bits per heavy atom. The molecule has 122 valence electrons. The van der Waals surface area contributed by atoms with Crippen molar-refractivity contribution < 1.29 is 13.9 Å². The highest BCUT2D eigenvalue weighted by Crippen LogP contribution is 2.25. The molecular weight excluding hydrogens is 294 g/mol. The van der Waals surface area contributed by atoms with Gasteiger partial charge in [0.15, 0.2) is 0 Å². The van der Waals surface area contributed by atoms with E-state index in [4.69, 9.17) is 9.15 Å². The number of nitrogens with one attached hydrogen (secondary N) is 1. The van der Waals surface area contributed by atoms with Gasteiger partial charge in [-0.1, -0.05) is 12.8 Å². The van der Waals surface area contributed by atoms with Crippen molar-refractivity contribution in [3.8, 4) is 5.75 Å². The largest absolute Gasteiger partial charge is 0.494 e. The average Bonchev–Trinajstić information content (AvgIpc) is 3.05. The van der Waals surface area contributed by atoms with Gasteiger partial charge in [-0.05, 0) is 37.8 Å². The lowest BCUT2D eigenvalue weighted by Gasteiger charge is -2.12. The molecule has 1 heterocycles. The van der Waals surface area contributed by atoms with E-state index < -0.39 is 5.63 Å². The molecule has 1 aromatic heterocycles. The lowest BCUT2D eigenvalue weighted by molar-refractivity contribution is 0.0948. The van der Waals surface area contributed by atoms with Gasteiger partial charge in [0.25, 0.3) is 5.91 Å². The third-order valence-electron chi connectivity index (χ3n) is 4.30. The molecule has 0 saturated heterocycles. The molecule has 0 bridgehead atoms. The van der Waals surface area contributed by atoms with E-state index in [0.717, 1.165) is 12.8 Å². The van der Waals surface area contributed by atoms with E-state index in [1.54, 1.807) is 18.2 Å². The smallest absolute Gasteiger partial charge is 0.337 e. The molecule has 1 aromatic carbocycles. The lowest BCUT2D eigenvalue weighted by Crippen LogP contribution is -2.29. The number of carbonyl (C=O) groups excluding carboxylic acids is 1. The monoisotopic (exact) mass is 315 g/mol. The summed E-state index contributed by atoms with van der Waals surface area (Å²) in [6.07, 6.45) is 4.79. The molecule has 5 heteroatoms. The molecule has 0 spiro atoms. The maximum absolute atomic E-state index is 12.5. The molecule has 3 rings (SSSR count). The predicted octanol–water partition coefficient (Wildman–Crippen LogP) is 3.11. The molecule has 0 aliphatic heterocycles. The number of fused-ring (bicyclic) bond motifs is 1. The summed E-state index contributed by atoms with van der Waals surface area (Å²) in [4.78, 5) is 24.2. The van der Waals surface area contributed by atoms with Crippen LogP contribution < -0.4 is 15.7 Å². The van der Waals surface area contributed by atoms with Crippen LogP contribution in [-0.2, 0) is 0 Å². The molecule has 1 N–H and O–H groups in total. The van der Waals surface area contributed by atoms with Crippen molar-refractivity contribution in [3.63, 3.8) is 0 Å². The Hall–Kier alpha value is -2.30. The number of carbonyl (C=O) groups is 1. The molecule has 23 heavy (non-hydrogen) atoms. The highest BCUT2D eigenvalue weighted by molar-refractivity contribution is 6.05. The van der Waals surface area contributed by atoms with Gasteiger partial charge in [-0.15, -0.1) is 0 Å². The van der Waals surface area contributed by atoms with E-state index in [1.807, 2.05) is 6.92 Å². The summed E-state index contributed by atoms with van der Waals surface area (Å²) in [5, 5.41) is 3.57. The van der Waals surface area contributed by atoms with Crippen molar-refractivity contribution in [2.24, 2.45) is 5.92 Å². The zero-order valence-electron chi connectivity index (χ0n) is 13.3. The predicted molar refractivity (Wildman–Crippen MR) is 87.9 cm³/mol. The standard InChI is InChI=1S/C18H21NO4/c1-2-22-13-7-8-14-15(10-17(20)23-16(14)9-13)18(21)19-11-12-5-3-4-6-12/h7-10,12H,2-6,11H2,1H3,(H,19,21). The summed E-state index contributed by atoms with van der Waals surface area (Å²) in [6, 6.07) is 6.44. The number of benzene rings is 1. The molecule has 5 nitrogen and oxygen atoms in total. The van der Waals surface area contributed by atoms with Crippen LogP contribution in [0.15, 0.2) is 33.5 Å². The highest BCUT2D eigenvalue weighted by Gasteiger charge is 2.18. The fraction of sp³-hybridized carbons (Fsp3) is 0.444. The van der Waals surface area contributed by atoms with Crippen LogP contribution in [0.1, 0.15) is 43.0 Å². The molecule has 0 unspecified atom stereocenters. The molecule has 0 atom stereocenters. The maximum atomic E-state index is 12.5. The van der Waals surface area contributed by atoms with Crippen molar-refractivity contribution in [2.75, 3.05) is 13.2 Å². The normalized spacial score (nSPS) is 15.0. The summed E-state index contributed by atoms with van der Waals surface area (Å²) in [5.41, 5.74) is 0.198. The first-order valence-corrected chi connectivity index (χ1v) is 8.16. The van der Waals surface area contributed by atoms with Gasteiger partial charge in [-0.25, -0.2) is 4.79 Å². The number of hydrogen-bond acceptors (Lipinski definition) is 4. The van der Waals surface area contributed by atoms with Crippen molar-refractivity contribution in [2.45, 2.75) is 32.6 Å². The molecule has 2 aromatic rings. The van der Waals surface area contributed by atoms with Crippen LogP contribution >= 0.6 is 0 Å². The van der Waals surface area contributed by atoms with Gasteiger partial charge in [-0.2, -0.15) is 0 Å². The Labute approximate surface area is 134 Å². The fourth-order valence-electron chi connectivity index (χ4n) is 3.13. The van der Waals surface area contributed by atoms with E-state index >= 15 is 0 Å². The third-order valence-corrected chi connectivity index (χ3v) is 4.30. The van der Waals surface area contributed by atoms with Gasteiger partial charge in [0.05, 0.1) is 12.2 Å². The van der Waals surface area contributed by atoms with Gasteiger partial charge in [0, 0.05) is 24.1 Å². The topological polar surface area (TPSA) is 68.5 Å². The summed E-state index contributed by atoms with van der Waals surface area (Å²) in [6.45, 7) is 3.07. The summed E-state index contributed by atoms with van der Waals surface area (Å²) >= 11 is 0. The van der Waals surface area contributed by atoms with Crippen molar-refractivity contribution in [1.82, 2.24) is 5.32 Å². The molecule has 0 radical (unpaired) electrons. The Balaban J connectivity index is 1.86. The second kappa shape index (κ2) is 6.86. The van der Waals surface area contributed by atoms with Crippen LogP contribution in [0.4, 0.5) is 0 Å². The van der Waals surface area contributed by atoms with Crippen LogP contribution in [0, 0.1) is 5.92 Å². The number of rotatable bonds is 5. The molecule has 1 aliphatic rings. The Kier molecular flexibility index (Phi) is 4.65. The average molecular weight is 315 g/mol. The zero-order chi connectivity index (χ0) is 16.2. The fourth-order valence-corrected chi connectivity index (χ4v) is 3.13. The first kappa shape index (κ1) is 15.6. The molecular formula is C18H21NO4. The first-order chi connectivity index (χ1) is 11.2. The van der Waals surface area contributed by atoms with E-state index in [-0.39, 0.29) is 5.91 Å². The molecule has 1 amide bonds. The quantitative estimate of drug-likeness (QED) is 0.861. The van der Waals surface area contributed by atoms with E-state index in [2.05, 4.69) is 5.32 Å². The Morgan fingerprint density at radius 3 is 2.83 bits per heavy atom. The van der Waals surface area contributed by atoms with Gasteiger partial charge in [0.1, 0.15) is 11.3 Å². The maximum Gasteiger partial charge on any atom is 0.337 e. The van der Waals surface area contributed by atoms with E-state index in [1.165, 1.54) is 18.9 Å². The van der Waals surface area contributed by atoms with Gasteiger partial charge >= 0.3 is 5.63 Å². The van der Waals surface area contributed by atoms with Gasteiger partial charge in [0.2, 0.25) is 0 Å². The minimum atomic E-state index is -0.530. The summed E-state index contributed by atoms with van der Waals surface area (Å²) in [5.74, 6) is 0.945. The zero-order valence-corrected chi connectivity index (χ0v) is 13.3. The number of ether oxygens (including phenoxy) is 1. The minimum absolute atomic E-state index is 0.223. The summed E-state index contributed by atoms with van der Waals surface area (Å²) < 4.78 is 10.6. The van der Waals surface area contributed by atoms with Gasteiger partial charge < -0.3 is 14.5 Å². The minimum Gasteiger partial charge on any atom is -0.494 e. The molecule has 1 saturated carbocycles. The van der Waals surface area contributed by atoms with Crippen molar-refractivity contribution >= 4 is 16.9 Å². The number of hydrogen-bond donors (Lipinski definition) is 1. The second-order valence-corrected chi connectivity index (χ2v) is 5.93. The first-order valence-electron chi connectivity index (χ1n) is 8.16. The molecule has 1 aliphatic carbocycles. The van der Waals surface area contributed by atoms with Crippen LogP contribution in [0.5, 0.6) is 5.75 Å². The van der Waals surface area contributed by atoms with Gasteiger partial charge in [-0.3, -0.25) is 4.79 Å². The van der Waals surface area contributed by atoms with E-state index in [9.17, 15) is 9.59 Å². The SMILES string of the molecule is CCOc1ccc2c(C(=O)NCC3CCCC3)cc(=O)oc2c1. The number of amides is 1. The Morgan fingerprint density at radius 1 is 1.30 bits per heavy atom. The van der Waals surface area contributed by atoms with Crippen molar-refractivity contribution in [3.05, 3.63) is 40.2 Å². The van der Waals surface area contributed by atoms with Crippen molar-refractivity contribution in [1.29, 1.82) is 0 Å². The van der Waals surface area contributed by atoms with Crippen LogP contribution in [0.3, 0.4) is 0 Å². The summed E-state index contributed by atoms with van der Waals surface area (Å²) in [7, 11) is 0. The lowest BCUT2D eigenvalue weighted by atomic mass is 10.1. The van der Waals surface area contributed by atoms with E-state index in [0.29, 0.717) is 41.4 Å². The Bertz CT molecular complexity index is 759. The highest BCUT2D eigenvalue weighted by atomic mass is 16.5. The van der Waals surface area contributed by atoms with Crippen LogP contribution in [0.25, 0.3) is 11.0 Å². The van der Waals surface area contributed by atoms with Crippen LogP contribution in [-0.4, -0.2) is 19.1 Å². The molecule has 1 fully saturated rings. The second-order valence-electron chi connectivity index (χ2n) is 5.93.